The molecule has 0 aliphatic heterocycles. The summed E-state index contributed by atoms with van der Waals surface area (Å²) < 4.78 is 7.75. The van der Waals surface area contributed by atoms with Gasteiger partial charge in [-0.05, 0) is 84.6 Å². The van der Waals surface area contributed by atoms with E-state index in [1.165, 1.54) is 19.3 Å². The number of aromatic carboxylic acids is 1. The average molecular weight is 580 g/mol. The number of methoxy groups -OCH3 is 1. The molecule has 0 spiro atoms. The van der Waals surface area contributed by atoms with Crippen LogP contribution in [0.1, 0.15) is 59.6 Å². The van der Waals surface area contributed by atoms with E-state index in [-0.39, 0.29) is 5.56 Å². The predicted molar refractivity (Wildman–Crippen MR) is 169 cm³/mol. The number of carboxylic acid groups (broad SMARTS) is 1. The molecule has 6 rings (SSSR count). The summed E-state index contributed by atoms with van der Waals surface area (Å²) in [5.74, 6) is 0.772. The molecular formula is C35H34ClN3O3. The van der Waals surface area contributed by atoms with Gasteiger partial charge in [-0.2, -0.15) is 0 Å². The molecule has 214 valence electrons. The number of hydrogen-bond donors (Lipinski definition) is 1. The number of ether oxygens (including phenoxy) is 1. The third kappa shape index (κ3) is 6.00. The smallest absolute Gasteiger partial charge is 0.335 e. The summed E-state index contributed by atoms with van der Waals surface area (Å²) in [4.78, 5) is 19.1. The number of benzene rings is 4. The summed E-state index contributed by atoms with van der Waals surface area (Å²) in [5, 5.41) is 10.3. The van der Waals surface area contributed by atoms with Gasteiger partial charge in [0.25, 0.3) is 0 Å². The van der Waals surface area contributed by atoms with Crippen LogP contribution < -0.4 is 9.64 Å². The quantitative estimate of drug-likeness (QED) is 0.189. The average Bonchev–Trinajstić information content (AvgIpc) is 3.40. The maximum absolute atomic E-state index is 11.7. The molecule has 4 aromatic carbocycles. The van der Waals surface area contributed by atoms with Gasteiger partial charge in [0.15, 0.2) is 0 Å². The van der Waals surface area contributed by atoms with Crippen LogP contribution in [-0.4, -0.2) is 27.7 Å². The van der Waals surface area contributed by atoms with Gasteiger partial charge >= 0.3 is 5.97 Å². The Balaban J connectivity index is 1.38. The van der Waals surface area contributed by atoms with Crippen molar-refractivity contribution in [3.63, 3.8) is 0 Å². The molecule has 0 radical (unpaired) electrons. The van der Waals surface area contributed by atoms with Crippen molar-refractivity contribution in [3.05, 3.63) is 113 Å². The number of imidazole rings is 1. The van der Waals surface area contributed by atoms with Gasteiger partial charge in [0.1, 0.15) is 11.6 Å². The molecule has 42 heavy (non-hydrogen) atoms. The number of rotatable bonds is 9. The molecule has 1 aliphatic carbocycles. The molecule has 6 nitrogen and oxygen atoms in total. The molecule has 7 heteroatoms. The highest BCUT2D eigenvalue weighted by molar-refractivity contribution is 6.30. The summed E-state index contributed by atoms with van der Waals surface area (Å²) in [6.07, 6.45) is 5.84. The topological polar surface area (TPSA) is 67.6 Å². The van der Waals surface area contributed by atoms with Crippen LogP contribution in [-0.2, 0) is 13.1 Å². The van der Waals surface area contributed by atoms with Crippen LogP contribution in [0.15, 0.2) is 91.0 Å². The number of aromatic nitrogens is 2. The van der Waals surface area contributed by atoms with E-state index < -0.39 is 5.97 Å². The summed E-state index contributed by atoms with van der Waals surface area (Å²) >= 11 is 6.33. The van der Waals surface area contributed by atoms with Crippen molar-refractivity contribution < 1.29 is 14.6 Å². The highest BCUT2D eigenvalue weighted by Gasteiger charge is 2.23. The molecule has 1 saturated carbocycles. The Labute approximate surface area is 251 Å². The highest BCUT2D eigenvalue weighted by Crippen LogP contribution is 2.36. The van der Waals surface area contributed by atoms with Crippen LogP contribution in [0.2, 0.25) is 5.02 Å². The molecule has 1 aliphatic rings. The number of carboxylic acids is 1. The fourth-order valence-corrected chi connectivity index (χ4v) is 6.27. The molecule has 5 aromatic rings. The lowest BCUT2D eigenvalue weighted by atomic mass is 9.94. The Morgan fingerprint density at radius 3 is 2.33 bits per heavy atom. The number of hydrogen-bond acceptors (Lipinski definition) is 4. The van der Waals surface area contributed by atoms with Crippen molar-refractivity contribution in [3.8, 4) is 17.1 Å². The molecule has 1 aromatic heterocycles. The second-order valence-corrected chi connectivity index (χ2v) is 11.4. The van der Waals surface area contributed by atoms with Crippen molar-refractivity contribution in [1.82, 2.24) is 9.55 Å². The fraction of sp³-hybridized carbons (Fsp3) is 0.257. The second-order valence-electron chi connectivity index (χ2n) is 11.0. The summed E-state index contributed by atoms with van der Waals surface area (Å²) in [6.45, 7) is 1.37. The van der Waals surface area contributed by atoms with Crippen molar-refractivity contribution in [1.29, 1.82) is 0 Å². The van der Waals surface area contributed by atoms with Crippen molar-refractivity contribution in [2.75, 3.05) is 12.0 Å². The first-order valence-electron chi connectivity index (χ1n) is 14.5. The van der Waals surface area contributed by atoms with Crippen molar-refractivity contribution in [2.24, 2.45) is 0 Å². The van der Waals surface area contributed by atoms with Gasteiger partial charge in [0, 0.05) is 35.4 Å². The van der Waals surface area contributed by atoms with E-state index in [0.29, 0.717) is 19.1 Å². The minimum atomic E-state index is -0.939. The lowest BCUT2D eigenvalue weighted by Crippen LogP contribution is -2.22. The third-order valence-electron chi connectivity index (χ3n) is 8.13. The summed E-state index contributed by atoms with van der Waals surface area (Å²) in [5.41, 5.74) is 6.36. The van der Waals surface area contributed by atoms with Crippen LogP contribution in [0.4, 0.5) is 5.69 Å². The predicted octanol–water partition coefficient (Wildman–Crippen LogP) is 8.78. The van der Waals surface area contributed by atoms with Gasteiger partial charge < -0.3 is 19.3 Å². The third-order valence-corrected chi connectivity index (χ3v) is 8.37. The highest BCUT2D eigenvalue weighted by atomic mass is 35.5. The molecule has 0 unspecified atom stereocenters. The van der Waals surface area contributed by atoms with Gasteiger partial charge in [0.2, 0.25) is 0 Å². The minimum Gasteiger partial charge on any atom is -0.497 e. The first-order valence-corrected chi connectivity index (χ1v) is 14.8. The van der Waals surface area contributed by atoms with Crippen molar-refractivity contribution in [2.45, 2.75) is 51.2 Å². The molecular weight excluding hydrogens is 546 g/mol. The standard InChI is InChI=1S/C35H34ClN3O3/c1-42-31-16-14-29(15-17-31)38(23-25-8-6-10-28(36)20-25)22-24-7-5-9-26(19-24)34-37-32-21-27(35(40)41)13-18-33(32)39(34)30-11-3-2-4-12-30/h5-10,13-21,30H,2-4,11-12,22-23H2,1H3,(H,40,41). The van der Waals surface area contributed by atoms with E-state index >= 15 is 0 Å². The molecule has 1 heterocycles. The van der Waals surface area contributed by atoms with Gasteiger partial charge in [-0.25, -0.2) is 9.78 Å². The summed E-state index contributed by atoms with van der Waals surface area (Å²) in [6, 6.07) is 30.3. The Bertz CT molecular complexity index is 1710. The molecule has 0 amide bonds. The number of carbonyl (C=O) groups is 1. The number of nitrogens with zero attached hydrogens (tertiary/aromatic N) is 3. The van der Waals surface area contributed by atoms with Gasteiger partial charge in [-0.3, -0.25) is 0 Å². The molecule has 1 N–H and O–H groups in total. The molecule has 0 bridgehead atoms. The van der Waals surface area contributed by atoms with E-state index in [9.17, 15) is 9.90 Å². The SMILES string of the molecule is COc1ccc(N(Cc2cccc(Cl)c2)Cc2cccc(-c3nc4cc(C(=O)O)ccc4n3C3CCCCC3)c2)cc1. The zero-order chi connectivity index (χ0) is 29.1. The zero-order valence-corrected chi connectivity index (χ0v) is 24.4. The van der Waals surface area contributed by atoms with E-state index in [1.54, 1.807) is 19.2 Å². The Kier molecular flexibility index (Phi) is 8.15. The number of halogens is 1. The Morgan fingerprint density at radius 1 is 0.929 bits per heavy atom. The van der Waals surface area contributed by atoms with E-state index in [0.717, 1.165) is 62.8 Å². The second kappa shape index (κ2) is 12.3. The van der Waals surface area contributed by atoms with E-state index in [4.69, 9.17) is 21.3 Å². The first kappa shape index (κ1) is 27.9. The fourth-order valence-electron chi connectivity index (χ4n) is 6.06. The number of anilines is 1. The first-order chi connectivity index (χ1) is 20.5. The zero-order valence-electron chi connectivity index (χ0n) is 23.7. The van der Waals surface area contributed by atoms with E-state index in [2.05, 4.69) is 51.9 Å². The Hall–Kier alpha value is -4.29. The van der Waals surface area contributed by atoms with Crippen LogP contribution in [0.25, 0.3) is 22.4 Å². The van der Waals surface area contributed by atoms with Crippen LogP contribution in [0.5, 0.6) is 5.75 Å². The van der Waals surface area contributed by atoms with Gasteiger partial charge in [-0.1, -0.05) is 61.2 Å². The monoisotopic (exact) mass is 579 g/mol. The Morgan fingerprint density at radius 2 is 1.64 bits per heavy atom. The molecule has 0 atom stereocenters. The lowest BCUT2D eigenvalue weighted by molar-refractivity contribution is 0.0697. The largest absolute Gasteiger partial charge is 0.497 e. The van der Waals surface area contributed by atoms with Crippen LogP contribution in [0.3, 0.4) is 0 Å². The molecule has 1 fully saturated rings. The minimum absolute atomic E-state index is 0.257. The van der Waals surface area contributed by atoms with Gasteiger partial charge in [0.05, 0.1) is 23.7 Å². The maximum atomic E-state index is 11.7. The normalized spacial score (nSPS) is 13.8. The van der Waals surface area contributed by atoms with E-state index in [1.807, 2.05) is 36.4 Å². The van der Waals surface area contributed by atoms with Crippen LogP contribution in [0, 0.1) is 0 Å². The lowest BCUT2D eigenvalue weighted by Gasteiger charge is -2.27. The number of fused-ring (bicyclic) bond motifs is 1. The van der Waals surface area contributed by atoms with Crippen LogP contribution >= 0.6 is 11.6 Å². The summed E-state index contributed by atoms with van der Waals surface area (Å²) in [7, 11) is 1.67. The molecule has 0 saturated heterocycles. The van der Waals surface area contributed by atoms with Crippen molar-refractivity contribution >= 4 is 34.3 Å². The van der Waals surface area contributed by atoms with Gasteiger partial charge in [-0.15, -0.1) is 0 Å². The maximum Gasteiger partial charge on any atom is 0.335 e.